The molecule has 4 amide bonds. The molecule has 0 unspecified atom stereocenters. The molecular weight excluding hydrogens is 584 g/mol. The number of hydrogen-bond acceptors (Lipinski definition) is 6. The van der Waals surface area contributed by atoms with Gasteiger partial charge in [0.2, 0.25) is 17.7 Å². The number of ether oxygens (including phenoxy) is 2. The van der Waals surface area contributed by atoms with E-state index in [1.54, 1.807) is 42.3 Å². The summed E-state index contributed by atoms with van der Waals surface area (Å²) in [4.78, 5) is 55.4. The van der Waals surface area contributed by atoms with E-state index in [0.29, 0.717) is 23.6 Å². The molecule has 3 atom stereocenters. The molecule has 2 aromatic rings. The van der Waals surface area contributed by atoms with Gasteiger partial charge in [-0.1, -0.05) is 69.6 Å². The summed E-state index contributed by atoms with van der Waals surface area (Å²) in [5.41, 5.74) is 1.05. The Kier molecular flexibility index (Phi) is 13.5. The number of rotatable bonds is 10. The largest absolute Gasteiger partial charge is 0.491 e. The van der Waals surface area contributed by atoms with Crippen LogP contribution in [0.2, 0.25) is 5.02 Å². The molecule has 2 aromatic carbocycles. The number of hydrogen-bond donors (Lipinski definition) is 3. The zero-order valence-electron chi connectivity index (χ0n) is 26.2. The molecule has 44 heavy (non-hydrogen) atoms. The number of halogens is 1. The van der Waals surface area contributed by atoms with Crippen LogP contribution >= 0.6 is 11.6 Å². The molecule has 0 saturated heterocycles. The maximum atomic E-state index is 13.7. The number of likely N-dealkylation sites (N-methyl/N-ethyl adjacent to an activating group) is 1. The fourth-order valence-corrected chi connectivity index (χ4v) is 5.21. The number of nitrogens with zero attached hydrogens (tertiary/aromatic N) is 1. The first-order valence-corrected chi connectivity index (χ1v) is 15.5. The van der Waals surface area contributed by atoms with E-state index in [1.807, 2.05) is 32.0 Å². The molecule has 3 N–H and O–H groups in total. The summed E-state index contributed by atoms with van der Waals surface area (Å²) >= 11 is 6.17. The molecule has 240 valence electrons. The molecule has 0 radical (unpaired) electrons. The van der Waals surface area contributed by atoms with Crippen molar-refractivity contribution in [3.63, 3.8) is 0 Å². The van der Waals surface area contributed by atoms with Gasteiger partial charge in [-0.05, 0) is 48.4 Å². The highest BCUT2D eigenvalue weighted by molar-refractivity contribution is 6.31. The van der Waals surface area contributed by atoms with Crippen LogP contribution in [-0.4, -0.2) is 73.5 Å². The summed E-state index contributed by atoms with van der Waals surface area (Å²) in [6.45, 7) is 8.84. The Bertz CT molecular complexity index is 1290. The summed E-state index contributed by atoms with van der Waals surface area (Å²) in [5, 5.41) is 8.87. The summed E-state index contributed by atoms with van der Waals surface area (Å²) in [6, 6.07) is 11.7. The van der Waals surface area contributed by atoms with Crippen molar-refractivity contribution >= 4 is 35.2 Å². The Morgan fingerprint density at radius 1 is 1.02 bits per heavy atom. The molecule has 1 aliphatic rings. The second kappa shape index (κ2) is 17.0. The molecule has 3 rings (SSSR count). The maximum Gasteiger partial charge on any atom is 0.255 e. The smallest absolute Gasteiger partial charge is 0.255 e. The fraction of sp³-hybridized carbons (Fsp3) is 0.515. The van der Waals surface area contributed by atoms with Crippen LogP contribution in [-0.2, 0) is 25.7 Å². The maximum absolute atomic E-state index is 13.7. The van der Waals surface area contributed by atoms with Crippen LogP contribution in [0.3, 0.4) is 0 Å². The van der Waals surface area contributed by atoms with E-state index < -0.39 is 29.8 Å². The Hall–Kier alpha value is -3.63. The predicted molar refractivity (Wildman–Crippen MR) is 169 cm³/mol. The van der Waals surface area contributed by atoms with Gasteiger partial charge in [0.05, 0.1) is 31.2 Å². The monoisotopic (exact) mass is 628 g/mol. The first kappa shape index (κ1) is 34.9. The molecule has 1 heterocycles. The molecule has 0 aliphatic carbocycles. The van der Waals surface area contributed by atoms with Gasteiger partial charge in [0.15, 0.2) is 0 Å². The van der Waals surface area contributed by atoms with Crippen LogP contribution in [0.25, 0.3) is 0 Å². The van der Waals surface area contributed by atoms with Crippen molar-refractivity contribution in [3.8, 4) is 5.75 Å². The fourth-order valence-electron chi connectivity index (χ4n) is 5.02. The first-order valence-electron chi connectivity index (χ1n) is 15.1. The van der Waals surface area contributed by atoms with Crippen molar-refractivity contribution in [1.82, 2.24) is 20.9 Å². The van der Waals surface area contributed by atoms with Gasteiger partial charge in [0, 0.05) is 18.6 Å². The normalized spacial score (nSPS) is 20.0. The van der Waals surface area contributed by atoms with Crippen molar-refractivity contribution in [3.05, 3.63) is 64.7 Å². The molecule has 11 heteroatoms. The first-order chi connectivity index (χ1) is 21.0. The van der Waals surface area contributed by atoms with Crippen LogP contribution in [0.4, 0.5) is 0 Å². The quantitative estimate of drug-likeness (QED) is 0.342. The van der Waals surface area contributed by atoms with E-state index in [-0.39, 0.29) is 62.1 Å². The van der Waals surface area contributed by atoms with Gasteiger partial charge in [0.1, 0.15) is 24.4 Å². The number of carbonyl (C=O) groups is 4. The highest BCUT2D eigenvalue weighted by atomic mass is 35.5. The van der Waals surface area contributed by atoms with Gasteiger partial charge in [-0.3, -0.25) is 19.2 Å². The third kappa shape index (κ3) is 10.5. The van der Waals surface area contributed by atoms with E-state index in [9.17, 15) is 19.2 Å². The van der Waals surface area contributed by atoms with E-state index in [4.69, 9.17) is 21.1 Å². The lowest BCUT2D eigenvalue weighted by atomic mass is 9.99. The van der Waals surface area contributed by atoms with Gasteiger partial charge >= 0.3 is 0 Å². The van der Waals surface area contributed by atoms with Gasteiger partial charge in [0.25, 0.3) is 5.91 Å². The molecule has 0 aromatic heterocycles. The molecule has 0 spiro atoms. The lowest BCUT2D eigenvalue weighted by Crippen LogP contribution is -2.54. The number of benzene rings is 2. The standard InChI is InChI=1S/C33H45ClN4O6/c1-21(2)16-24-20-44-29-13-9-7-11-25(29)31(40)37-27(18-30(39)36-28(17-22(3)4)33(42)38(24)5)32(41)35-14-15-43-19-23-10-6-8-12-26(23)34/h6-13,21-22,24,27-28H,14-20H2,1-5H3,(H,35,41)(H,36,39)(H,37,40)/t24-,27-,28-/m0/s1. The molecule has 0 saturated carbocycles. The second-order valence-electron chi connectivity index (χ2n) is 12.0. The average molecular weight is 629 g/mol. The Balaban J connectivity index is 1.81. The Morgan fingerprint density at radius 3 is 2.41 bits per heavy atom. The molecule has 0 bridgehead atoms. The zero-order chi connectivity index (χ0) is 32.2. The third-order valence-corrected chi connectivity index (χ3v) is 7.68. The number of nitrogens with one attached hydrogen (secondary N) is 3. The minimum Gasteiger partial charge on any atom is -0.491 e. The summed E-state index contributed by atoms with van der Waals surface area (Å²) < 4.78 is 11.8. The van der Waals surface area contributed by atoms with Crippen molar-refractivity contribution in [2.75, 3.05) is 26.8 Å². The SMILES string of the molecule is CC(C)C[C@H]1COc2ccccc2C(=O)N[C@H](C(=O)NCCOCc2ccccc2Cl)CC(=O)N[C@@H](CC(C)C)C(=O)N1C. The van der Waals surface area contributed by atoms with E-state index in [2.05, 4.69) is 29.8 Å². The van der Waals surface area contributed by atoms with Crippen LogP contribution < -0.4 is 20.7 Å². The Morgan fingerprint density at radius 2 is 1.70 bits per heavy atom. The third-order valence-electron chi connectivity index (χ3n) is 7.31. The van der Waals surface area contributed by atoms with E-state index in [1.165, 1.54) is 0 Å². The summed E-state index contributed by atoms with van der Waals surface area (Å²) in [7, 11) is 1.72. The topological polar surface area (TPSA) is 126 Å². The van der Waals surface area contributed by atoms with Gasteiger partial charge in [-0.15, -0.1) is 0 Å². The minimum absolute atomic E-state index is 0.118. The highest BCUT2D eigenvalue weighted by Gasteiger charge is 2.32. The van der Waals surface area contributed by atoms with Crippen molar-refractivity contribution in [2.24, 2.45) is 11.8 Å². The summed E-state index contributed by atoms with van der Waals surface area (Å²) in [5.74, 6) is -1.14. The van der Waals surface area contributed by atoms with Crippen LogP contribution in [0.5, 0.6) is 5.75 Å². The molecule has 1 aliphatic heterocycles. The minimum atomic E-state index is -1.21. The van der Waals surface area contributed by atoms with Crippen LogP contribution in [0.1, 0.15) is 62.9 Å². The molecular formula is C33H45ClN4O6. The molecule has 10 nitrogen and oxygen atoms in total. The second-order valence-corrected chi connectivity index (χ2v) is 12.4. The van der Waals surface area contributed by atoms with E-state index >= 15 is 0 Å². The number of para-hydroxylation sites is 1. The zero-order valence-corrected chi connectivity index (χ0v) is 27.0. The van der Waals surface area contributed by atoms with Crippen molar-refractivity contribution in [1.29, 1.82) is 0 Å². The van der Waals surface area contributed by atoms with Crippen LogP contribution in [0.15, 0.2) is 48.5 Å². The lowest BCUT2D eigenvalue weighted by molar-refractivity contribution is -0.138. The van der Waals surface area contributed by atoms with Gasteiger partial charge in [-0.25, -0.2) is 0 Å². The van der Waals surface area contributed by atoms with Crippen molar-refractivity contribution < 1.29 is 28.7 Å². The highest BCUT2D eigenvalue weighted by Crippen LogP contribution is 2.22. The van der Waals surface area contributed by atoms with E-state index in [0.717, 1.165) is 5.56 Å². The van der Waals surface area contributed by atoms with Crippen LogP contribution in [0, 0.1) is 11.8 Å². The number of amides is 4. The van der Waals surface area contributed by atoms with Gasteiger partial charge in [-0.2, -0.15) is 0 Å². The predicted octanol–water partition coefficient (Wildman–Crippen LogP) is 3.96. The average Bonchev–Trinajstić information content (AvgIpc) is 2.97. The summed E-state index contributed by atoms with van der Waals surface area (Å²) in [6.07, 6.45) is 0.727. The van der Waals surface area contributed by atoms with Gasteiger partial charge < -0.3 is 30.3 Å². The number of fused-ring (bicyclic) bond motifs is 1. The Labute approximate surface area is 265 Å². The van der Waals surface area contributed by atoms with Crippen molar-refractivity contribution in [2.45, 2.75) is 71.7 Å². The lowest BCUT2D eigenvalue weighted by Gasteiger charge is -2.33. The molecule has 0 fully saturated rings. The number of carbonyl (C=O) groups excluding carboxylic acids is 4.